The van der Waals surface area contributed by atoms with E-state index in [0.29, 0.717) is 58.2 Å². The summed E-state index contributed by atoms with van der Waals surface area (Å²) < 4.78 is 18.9. The van der Waals surface area contributed by atoms with Crippen LogP contribution in [0.2, 0.25) is 0 Å². The molecule has 0 bridgehead atoms. The minimum atomic E-state index is -0.425. The van der Waals surface area contributed by atoms with Gasteiger partial charge in [0.1, 0.15) is 23.7 Å². The molecule has 10 nitrogen and oxygen atoms in total. The molecule has 0 unspecified atom stereocenters. The standard InChI is InChI=1S/C28H30FN7O3.ClH/c1-3-36(11-12-37)10-5-4-7-19-13-24-23(17-25(19)39-2)28(31-18-30-24)33-26-15-22(34-35-26)16-27(38)32-21-9-6-8-20(29)14-21;/h6,8-9,13-15,17-18,37H,3,5,10-12,16H2,1-2H3,(H,32,38)(H2,30,31,33,34,35);1H. The van der Waals surface area contributed by atoms with E-state index in [1.807, 2.05) is 12.1 Å². The first-order chi connectivity index (χ1) is 19.0. The lowest BCUT2D eigenvalue weighted by Gasteiger charge is -2.16. The van der Waals surface area contributed by atoms with Gasteiger partial charge in [0.25, 0.3) is 0 Å². The van der Waals surface area contributed by atoms with Gasteiger partial charge in [-0.05, 0) is 36.9 Å². The molecule has 0 saturated heterocycles. The van der Waals surface area contributed by atoms with Crippen molar-refractivity contribution < 1.29 is 19.0 Å². The number of hydrogen-bond acceptors (Lipinski definition) is 8. The number of rotatable bonds is 11. The SMILES string of the molecule is CCN(CCO)CCC#Cc1cc2ncnc(Nc3cc(CC(=O)Nc4cccc(F)c4)[nH]n3)c2cc1OC.Cl. The molecule has 1 amide bonds. The van der Waals surface area contributed by atoms with Gasteiger partial charge in [0, 0.05) is 42.3 Å². The quantitative estimate of drug-likeness (QED) is 0.201. The van der Waals surface area contributed by atoms with Crippen molar-refractivity contribution in [2.24, 2.45) is 0 Å². The van der Waals surface area contributed by atoms with Crippen molar-refractivity contribution in [1.82, 2.24) is 25.1 Å². The van der Waals surface area contributed by atoms with Crippen LogP contribution in [0.25, 0.3) is 10.9 Å². The number of aromatic nitrogens is 4. The Morgan fingerprint density at radius 3 is 2.80 bits per heavy atom. The highest BCUT2D eigenvalue weighted by atomic mass is 35.5. The minimum Gasteiger partial charge on any atom is -0.495 e. The van der Waals surface area contributed by atoms with E-state index < -0.39 is 5.82 Å². The van der Waals surface area contributed by atoms with E-state index in [4.69, 9.17) is 9.84 Å². The molecule has 0 fully saturated rings. The molecule has 0 spiro atoms. The molecule has 2 aromatic carbocycles. The van der Waals surface area contributed by atoms with Crippen molar-refractivity contribution in [3.8, 4) is 17.6 Å². The van der Waals surface area contributed by atoms with E-state index in [2.05, 4.69) is 54.5 Å². The van der Waals surface area contributed by atoms with Crippen molar-refractivity contribution in [1.29, 1.82) is 0 Å². The van der Waals surface area contributed by atoms with E-state index in [1.165, 1.54) is 24.5 Å². The second-order valence-electron chi connectivity index (χ2n) is 8.64. The first-order valence-electron chi connectivity index (χ1n) is 12.5. The number of benzene rings is 2. The smallest absolute Gasteiger partial charge is 0.230 e. The fourth-order valence-electron chi connectivity index (χ4n) is 3.97. The fourth-order valence-corrected chi connectivity index (χ4v) is 3.97. The number of halogens is 2. The number of methoxy groups -OCH3 is 1. The van der Waals surface area contributed by atoms with Gasteiger partial charge in [0.05, 0.1) is 31.2 Å². The molecule has 210 valence electrons. The van der Waals surface area contributed by atoms with Crippen LogP contribution >= 0.6 is 12.4 Å². The maximum atomic E-state index is 13.4. The third-order valence-corrected chi connectivity index (χ3v) is 5.93. The van der Waals surface area contributed by atoms with Crippen LogP contribution in [-0.4, -0.2) is 69.4 Å². The number of anilines is 3. The number of amides is 1. The Hall–Kier alpha value is -4.24. The van der Waals surface area contributed by atoms with Crippen LogP contribution in [0.1, 0.15) is 24.6 Å². The summed E-state index contributed by atoms with van der Waals surface area (Å²) in [6.45, 7) is 4.43. The monoisotopic (exact) mass is 567 g/mol. The van der Waals surface area contributed by atoms with Crippen LogP contribution in [0.5, 0.6) is 5.75 Å². The Balaban J connectivity index is 0.00000441. The summed E-state index contributed by atoms with van der Waals surface area (Å²) in [5.41, 5.74) is 2.35. The first kappa shape index (κ1) is 30.3. The number of carbonyl (C=O) groups is 1. The topological polar surface area (TPSA) is 128 Å². The summed E-state index contributed by atoms with van der Waals surface area (Å²) in [4.78, 5) is 23.2. The Bertz CT molecular complexity index is 1500. The second-order valence-corrected chi connectivity index (χ2v) is 8.64. The summed E-state index contributed by atoms with van der Waals surface area (Å²) >= 11 is 0. The number of H-pyrrole nitrogens is 1. The van der Waals surface area contributed by atoms with E-state index in [1.54, 1.807) is 19.2 Å². The van der Waals surface area contributed by atoms with E-state index in [9.17, 15) is 9.18 Å². The summed E-state index contributed by atoms with van der Waals surface area (Å²) in [6.07, 6.45) is 2.14. The van der Waals surface area contributed by atoms with Crippen LogP contribution in [-0.2, 0) is 11.2 Å². The first-order valence-corrected chi connectivity index (χ1v) is 12.5. The van der Waals surface area contributed by atoms with E-state index in [0.717, 1.165) is 13.1 Å². The number of aromatic amines is 1. The number of aliphatic hydroxyl groups excluding tert-OH is 1. The average Bonchev–Trinajstić information content (AvgIpc) is 3.36. The van der Waals surface area contributed by atoms with Gasteiger partial charge in [0.15, 0.2) is 5.82 Å². The van der Waals surface area contributed by atoms with Crippen LogP contribution < -0.4 is 15.4 Å². The van der Waals surface area contributed by atoms with Crippen molar-refractivity contribution >= 4 is 46.5 Å². The number of nitrogens with zero attached hydrogens (tertiary/aromatic N) is 4. The van der Waals surface area contributed by atoms with Gasteiger partial charge in [-0.2, -0.15) is 5.10 Å². The van der Waals surface area contributed by atoms with Crippen molar-refractivity contribution in [3.63, 3.8) is 0 Å². The lowest BCUT2D eigenvalue weighted by molar-refractivity contribution is -0.115. The molecule has 0 aliphatic rings. The molecule has 4 aromatic rings. The summed E-state index contributed by atoms with van der Waals surface area (Å²) in [5.74, 6) is 7.19. The zero-order chi connectivity index (χ0) is 27.6. The van der Waals surface area contributed by atoms with Gasteiger partial charge in [0.2, 0.25) is 5.91 Å². The second kappa shape index (κ2) is 14.8. The number of nitrogens with one attached hydrogen (secondary N) is 3. The maximum Gasteiger partial charge on any atom is 0.230 e. The van der Waals surface area contributed by atoms with Crippen LogP contribution in [0.15, 0.2) is 48.8 Å². The van der Waals surface area contributed by atoms with Crippen molar-refractivity contribution in [2.45, 2.75) is 19.8 Å². The Morgan fingerprint density at radius 2 is 2.05 bits per heavy atom. The number of fused-ring (bicyclic) bond motifs is 1. The molecule has 2 heterocycles. The molecule has 4 N–H and O–H groups in total. The Kier molecular flexibility index (Phi) is 11.2. The molecule has 0 aliphatic carbocycles. The molecule has 4 rings (SSSR count). The van der Waals surface area contributed by atoms with Gasteiger partial charge < -0.3 is 25.4 Å². The third kappa shape index (κ3) is 8.13. The highest BCUT2D eigenvalue weighted by Gasteiger charge is 2.13. The average molecular weight is 568 g/mol. The van der Waals surface area contributed by atoms with Gasteiger partial charge in [-0.3, -0.25) is 9.89 Å². The summed E-state index contributed by atoms with van der Waals surface area (Å²) in [7, 11) is 1.58. The lowest BCUT2D eigenvalue weighted by Crippen LogP contribution is -2.27. The van der Waals surface area contributed by atoms with Gasteiger partial charge >= 0.3 is 0 Å². The zero-order valence-corrected chi connectivity index (χ0v) is 23.0. The number of hydrogen-bond donors (Lipinski definition) is 4. The normalized spacial score (nSPS) is 10.5. The zero-order valence-electron chi connectivity index (χ0n) is 22.2. The number of aliphatic hydroxyl groups is 1. The number of carbonyl (C=O) groups excluding carboxylic acids is 1. The Morgan fingerprint density at radius 1 is 1.20 bits per heavy atom. The molecule has 2 aromatic heterocycles. The molecule has 12 heteroatoms. The van der Waals surface area contributed by atoms with Crippen molar-refractivity contribution in [3.05, 3.63) is 65.9 Å². The molecule has 0 radical (unpaired) electrons. The van der Waals surface area contributed by atoms with Crippen molar-refractivity contribution in [2.75, 3.05) is 44.0 Å². The summed E-state index contributed by atoms with van der Waals surface area (Å²) in [6, 6.07) is 11.1. The largest absolute Gasteiger partial charge is 0.495 e. The fraction of sp³-hybridized carbons (Fsp3) is 0.286. The van der Waals surface area contributed by atoms with Gasteiger partial charge in [-0.15, -0.1) is 12.4 Å². The highest BCUT2D eigenvalue weighted by Crippen LogP contribution is 2.29. The molecular formula is C28H31ClFN7O3. The lowest BCUT2D eigenvalue weighted by atomic mass is 10.1. The predicted molar refractivity (Wildman–Crippen MR) is 155 cm³/mol. The van der Waals surface area contributed by atoms with Crippen LogP contribution in [0, 0.1) is 17.7 Å². The molecular weight excluding hydrogens is 537 g/mol. The maximum absolute atomic E-state index is 13.4. The minimum absolute atomic E-state index is 0. The predicted octanol–water partition coefficient (Wildman–Crippen LogP) is 3.90. The summed E-state index contributed by atoms with van der Waals surface area (Å²) in [5, 5.41) is 22.7. The Labute approximate surface area is 237 Å². The molecule has 0 atom stereocenters. The molecule has 0 aliphatic heterocycles. The number of likely N-dealkylation sites (N-methyl/N-ethyl adjacent to an activating group) is 1. The highest BCUT2D eigenvalue weighted by molar-refractivity contribution is 5.93. The molecule has 0 saturated carbocycles. The van der Waals surface area contributed by atoms with Gasteiger partial charge in [-0.1, -0.05) is 24.8 Å². The number of ether oxygens (including phenoxy) is 1. The van der Waals surface area contributed by atoms with Crippen LogP contribution in [0.4, 0.5) is 21.7 Å². The van der Waals surface area contributed by atoms with E-state index in [-0.39, 0.29) is 31.3 Å². The van der Waals surface area contributed by atoms with E-state index >= 15 is 0 Å². The molecule has 40 heavy (non-hydrogen) atoms. The van der Waals surface area contributed by atoms with Gasteiger partial charge in [-0.25, -0.2) is 14.4 Å². The van der Waals surface area contributed by atoms with Crippen LogP contribution in [0.3, 0.4) is 0 Å². The third-order valence-electron chi connectivity index (χ3n) is 5.93.